The predicted molar refractivity (Wildman–Crippen MR) is 81.4 cm³/mol. The molecule has 0 spiro atoms. The third kappa shape index (κ3) is 2.79. The Balaban J connectivity index is 2.04. The molecule has 0 saturated carbocycles. The molecule has 0 unspecified atom stereocenters. The van der Waals surface area contributed by atoms with Crippen LogP contribution in [0.3, 0.4) is 0 Å². The van der Waals surface area contributed by atoms with Gasteiger partial charge in [0.25, 0.3) is 0 Å². The third-order valence-corrected chi connectivity index (χ3v) is 3.39. The van der Waals surface area contributed by atoms with E-state index < -0.39 is 28.7 Å². The van der Waals surface area contributed by atoms with Crippen LogP contribution in [0.15, 0.2) is 48.8 Å². The molecule has 7 heteroatoms. The van der Waals surface area contributed by atoms with Crippen LogP contribution >= 0.6 is 0 Å². The summed E-state index contributed by atoms with van der Waals surface area (Å²) < 4.78 is 28.2. The summed E-state index contributed by atoms with van der Waals surface area (Å²) in [5.41, 5.74) is -0.241. The van der Waals surface area contributed by atoms with Crippen molar-refractivity contribution in [2.45, 2.75) is 0 Å². The van der Waals surface area contributed by atoms with E-state index in [1.165, 1.54) is 24.5 Å². The molecule has 3 aromatic rings. The molecule has 1 heterocycles. The van der Waals surface area contributed by atoms with Gasteiger partial charge in [-0.1, -0.05) is 24.3 Å². The maximum Gasteiger partial charge on any atom is 0.338 e. The quantitative estimate of drug-likeness (QED) is 0.769. The molecule has 2 aromatic carbocycles. The number of aromatic hydroxyl groups is 1. The van der Waals surface area contributed by atoms with Gasteiger partial charge in [-0.25, -0.2) is 23.5 Å². The van der Waals surface area contributed by atoms with Crippen LogP contribution in [0.25, 0.3) is 22.5 Å². The number of hydrogen-bond acceptors (Lipinski definition) is 4. The smallest absolute Gasteiger partial charge is 0.338 e. The molecular weight excluding hydrogens is 318 g/mol. The van der Waals surface area contributed by atoms with Crippen LogP contribution in [-0.4, -0.2) is 26.2 Å². The number of rotatable bonds is 3. The molecule has 0 saturated heterocycles. The second-order valence-electron chi connectivity index (χ2n) is 4.93. The van der Waals surface area contributed by atoms with Gasteiger partial charge in [0.1, 0.15) is 11.6 Å². The van der Waals surface area contributed by atoms with Crippen LogP contribution in [-0.2, 0) is 0 Å². The zero-order valence-corrected chi connectivity index (χ0v) is 12.1. The maximum absolute atomic E-state index is 14.3. The van der Waals surface area contributed by atoms with E-state index in [0.717, 1.165) is 12.1 Å². The molecule has 3 rings (SSSR count). The molecule has 0 atom stereocenters. The number of hydrogen-bond donors (Lipinski definition) is 2. The molecule has 2 N–H and O–H groups in total. The van der Waals surface area contributed by atoms with Gasteiger partial charge in [0.2, 0.25) is 0 Å². The lowest BCUT2D eigenvalue weighted by molar-refractivity contribution is 0.0692. The highest BCUT2D eigenvalue weighted by Crippen LogP contribution is 2.29. The highest BCUT2D eigenvalue weighted by molar-refractivity contribution is 5.90. The lowest BCUT2D eigenvalue weighted by Crippen LogP contribution is -2.03. The number of carbonyl (C=O) groups is 1. The number of aromatic carboxylic acids is 1. The van der Waals surface area contributed by atoms with Crippen LogP contribution in [0, 0.1) is 11.6 Å². The van der Waals surface area contributed by atoms with Crippen molar-refractivity contribution >= 4 is 5.97 Å². The van der Waals surface area contributed by atoms with Gasteiger partial charge in [-0.05, 0) is 17.7 Å². The number of benzene rings is 2. The zero-order chi connectivity index (χ0) is 17.3. The number of aromatic nitrogens is 2. The van der Waals surface area contributed by atoms with E-state index >= 15 is 0 Å². The third-order valence-electron chi connectivity index (χ3n) is 3.39. The molecule has 24 heavy (non-hydrogen) atoms. The minimum absolute atomic E-state index is 0.0787. The second-order valence-corrected chi connectivity index (χ2v) is 4.93. The Morgan fingerprint density at radius 1 is 0.917 bits per heavy atom. The molecule has 0 radical (unpaired) electrons. The fraction of sp³-hybridized carbons (Fsp3) is 0. The number of nitrogens with zero attached hydrogens (tertiary/aromatic N) is 2. The van der Waals surface area contributed by atoms with Crippen molar-refractivity contribution in [3.63, 3.8) is 0 Å². The highest BCUT2D eigenvalue weighted by atomic mass is 19.1. The molecule has 0 aliphatic rings. The molecule has 0 aliphatic carbocycles. The van der Waals surface area contributed by atoms with Crippen molar-refractivity contribution in [2.75, 3.05) is 0 Å². The minimum atomic E-state index is -1.47. The standard InChI is InChI=1S/C17H10F2N2O3/c18-13-6-5-12(17(23)24)15(19)14(13)9-1-3-10(4-2-9)16-20-7-11(22)8-21-16/h1-8,22H,(H,23,24). The van der Waals surface area contributed by atoms with Crippen molar-refractivity contribution < 1.29 is 23.8 Å². The average molecular weight is 328 g/mol. The Bertz CT molecular complexity index is 910. The predicted octanol–water partition coefficient (Wildman–Crippen LogP) is 3.49. The lowest BCUT2D eigenvalue weighted by atomic mass is 10.00. The van der Waals surface area contributed by atoms with E-state index in [1.807, 2.05) is 0 Å². The van der Waals surface area contributed by atoms with Gasteiger partial charge in [-0.15, -0.1) is 0 Å². The Labute approximate surface area is 134 Å². The van der Waals surface area contributed by atoms with Gasteiger partial charge in [0.15, 0.2) is 11.6 Å². The van der Waals surface area contributed by atoms with Crippen molar-refractivity contribution in [1.29, 1.82) is 0 Å². The van der Waals surface area contributed by atoms with E-state index in [4.69, 9.17) is 5.11 Å². The molecule has 0 aliphatic heterocycles. The van der Waals surface area contributed by atoms with Crippen molar-refractivity contribution in [1.82, 2.24) is 9.97 Å². The minimum Gasteiger partial charge on any atom is -0.505 e. The highest BCUT2D eigenvalue weighted by Gasteiger charge is 2.19. The number of carboxylic acid groups (broad SMARTS) is 1. The largest absolute Gasteiger partial charge is 0.505 e. The van der Waals surface area contributed by atoms with E-state index in [0.29, 0.717) is 11.4 Å². The Morgan fingerprint density at radius 2 is 1.50 bits per heavy atom. The van der Waals surface area contributed by atoms with Crippen LogP contribution in [0.4, 0.5) is 8.78 Å². The second kappa shape index (κ2) is 6.04. The summed E-state index contributed by atoms with van der Waals surface area (Å²) in [5, 5.41) is 18.1. The van der Waals surface area contributed by atoms with Crippen LogP contribution < -0.4 is 0 Å². The first-order valence-electron chi connectivity index (χ1n) is 6.80. The summed E-state index contributed by atoms with van der Waals surface area (Å²) >= 11 is 0. The van der Waals surface area contributed by atoms with Crippen LogP contribution in [0.5, 0.6) is 5.75 Å². The molecule has 5 nitrogen and oxygen atoms in total. The fourth-order valence-electron chi connectivity index (χ4n) is 2.24. The number of halogens is 2. The normalized spacial score (nSPS) is 10.6. The first kappa shape index (κ1) is 15.5. The van der Waals surface area contributed by atoms with Crippen molar-refractivity contribution in [2.24, 2.45) is 0 Å². The van der Waals surface area contributed by atoms with E-state index in [9.17, 15) is 18.7 Å². The SMILES string of the molecule is O=C(O)c1ccc(F)c(-c2ccc(-c3ncc(O)cn3)cc2)c1F. The zero-order valence-electron chi connectivity index (χ0n) is 12.1. The van der Waals surface area contributed by atoms with E-state index in [-0.39, 0.29) is 11.3 Å². The summed E-state index contributed by atoms with van der Waals surface area (Å²) in [6.45, 7) is 0. The van der Waals surface area contributed by atoms with Crippen LogP contribution in [0.2, 0.25) is 0 Å². The van der Waals surface area contributed by atoms with E-state index in [2.05, 4.69) is 9.97 Å². The van der Waals surface area contributed by atoms with Gasteiger partial charge < -0.3 is 10.2 Å². The fourth-order valence-corrected chi connectivity index (χ4v) is 2.24. The molecular formula is C17H10F2N2O3. The van der Waals surface area contributed by atoms with Crippen molar-refractivity contribution in [3.05, 3.63) is 66.0 Å². The number of carboxylic acids is 1. The Hall–Kier alpha value is -3.35. The van der Waals surface area contributed by atoms with Gasteiger partial charge in [0.05, 0.1) is 23.5 Å². The molecule has 120 valence electrons. The lowest BCUT2D eigenvalue weighted by Gasteiger charge is -2.08. The van der Waals surface area contributed by atoms with Crippen LogP contribution in [0.1, 0.15) is 10.4 Å². The monoisotopic (exact) mass is 328 g/mol. The average Bonchev–Trinajstić information content (AvgIpc) is 2.56. The summed E-state index contributed by atoms with van der Waals surface area (Å²) in [7, 11) is 0. The van der Waals surface area contributed by atoms with E-state index in [1.54, 1.807) is 12.1 Å². The summed E-state index contributed by atoms with van der Waals surface area (Å²) in [6, 6.07) is 7.79. The molecule has 0 amide bonds. The summed E-state index contributed by atoms with van der Waals surface area (Å²) in [5.74, 6) is -3.20. The molecule has 0 fully saturated rings. The molecule has 1 aromatic heterocycles. The topological polar surface area (TPSA) is 83.3 Å². The first-order valence-corrected chi connectivity index (χ1v) is 6.80. The van der Waals surface area contributed by atoms with Gasteiger partial charge >= 0.3 is 5.97 Å². The maximum atomic E-state index is 14.3. The van der Waals surface area contributed by atoms with Crippen molar-refractivity contribution in [3.8, 4) is 28.3 Å². The van der Waals surface area contributed by atoms with Gasteiger partial charge in [0, 0.05) is 5.56 Å². The Morgan fingerprint density at radius 3 is 2.08 bits per heavy atom. The summed E-state index contributed by atoms with van der Waals surface area (Å²) in [6.07, 6.45) is 2.46. The van der Waals surface area contributed by atoms with Gasteiger partial charge in [-0.2, -0.15) is 0 Å². The first-order chi connectivity index (χ1) is 11.5. The van der Waals surface area contributed by atoms with Gasteiger partial charge in [-0.3, -0.25) is 0 Å². The Kier molecular flexibility index (Phi) is 3.91. The molecule has 0 bridgehead atoms. The summed E-state index contributed by atoms with van der Waals surface area (Å²) in [4.78, 5) is 18.9.